The maximum absolute atomic E-state index is 12.8. The summed E-state index contributed by atoms with van der Waals surface area (Å²) in [5.74, 6) is 0.899. The highest BCUT2D eigenvalue weighted by molar-refractivity contribution is 6.30. The van der Waals surface area contributed by atoms with Gasteiger partial charge >= 0.3 is 0 Å². The van der Waals surface area contributed by atoms with Crippen LogP contribution in [0.1, 0.15) is 16.1 Å². The molecule has 0 spiro atoms. The lowest BCUT2D eigenvalue weighted by molar-refractivity contribution is 0.0955. The smallest absolute Gasteiger partial charge is 0.271 e. The molecule has 0 unspecified atom stereocenters. The van der Waals surface area contributed by atoms with Gasteiger partial charge in [-0.1, -0.05) is 72.3 Å². The lowest BCUT2D eigenvalue weighted by Gasteiger charge is -2.15. The molecule has 0 saturated heterocycles. The minimum Gasteiger partial charge on any atom is -0.455 e. The third-order valence-corrected chi connectivity index (χ3v) is 6.77. The average molecular weight is 542 g/mol. The number of nitrogens with one attached hydrogen (secondary N) is 1. The number of hydrogen-bond acceptors (Lipinski definition) is 3. The second kappa shape index (κ2) is 11.3. The van der Waals surface area contributed by atoms with E-state index in [1.165, 1.54) is 6.21 Å². The molecule has 0 aliphatic heterocycles. The minimum absolute atomic E-state index is 0.314. The van der Waals surface area contributed by atoms with Crippen molar-refractivity contribution in [3.8, 4) is 39.5 Å². The van der Waals surface area contributed by atoms with Crippen molar-refractivity contribution in [1.82, 2.24) is 9.99 Å². The number of furan rings is 1. The normalized spacial score (nSPS) is 11.1. The first kappa shape index (κ1) is 25.2. The molecule has 0 aliphatic rings. The van der Waals surface area contributed by atoms with E-state index in [9.17, 15) is 4.79 Å². The first-order valence-corrected chi connectivity index (χ1v) is 13.2. The van der Waals surface area contributed by atoms with E-state index in [2.05, 4.69) is 51.5 Å². The van der Waals surface area contributed by atoms with E-state index in [4.69, 9.17) is 16.0 Å². The van der Waals surface area contributed by atoms with Gasteiger partial charge in [0.1, 0.15) is 11.5 Å². The van der Waals surface area contributed by atoms with Crippen LogP contribution in [0.5, 0.6) is 0 Å². The molecule has 0 aliphatic carbocycles. The summed E-state index contributed by atoms with van der Waals surface area (Å²) in [5.41, 5.74) is 9.29. The van der Waals surface area contributed by atoms with E-state index in [0.717, 1.165) is 33.8 Å². The van der Waals surface area contributed by atoms with Gasteiger partial charge in [-0.25, -0.2) is 5.43 Å². The highest BCUT2D eigenvalue weighted by atomic mass is 35.5. The number of carbonyl (C=O) groups is 1. The van der Waals surface area contributed by atoms with E-state index < -0.39 is 0 Å². The average Bonchev–Trinajstić information content (AvgIpc) is 3.67. The van der Waals surface area contributed by atoms with Gasteiger partial charge in [0.25, 0.3) is 5.91 Å². The molecule has 2 aromatic heterocycles. The molecule has 2 heterocycles. The topological polar surface area (TPSA) is 59.5 Å². The number of halogens is 1. The predicted octanol–water partition coefficient (Wildman–Crippen LogP) is 8.49. The number of hydrogen-bond donors (Lipinski definition) is 1. The Balaban J connectivity index is 1.21. The van der Waals surface area contributed by atoms with Crippen molar-refractivity contribution in [3.05, 3.63) is 150 Å². The van der Waals surface area contributed by atoms with Gasteiger partial charge in [0.15, 0.2) is 0 Å². The first-order chi connectivity index (χ1) is 19.7. The van der Waals surface area contributed by atoms with Crippen LogP contribution in [0.15, 0.2) is 143 Å². The summed E-state index contributed by atoms with van der Waals surface area (Å²) in [4.78, 5) is 12.8. The second-order valence-electron chi connectivity index (χ2n) is 9.13. The predicted molar refractivity (Wildman–Crippen MR) is 161 cm³/mol. The van der Waals surface area contributed by atoms with Crippen LogP contribution >= 0.6 is 11.6 Å². The lowest BCUT2D eigenvalue weighted by atomic mass is 10.1. The molecule has 6 rings (SSSR count). The molecule has 1 N–H and O–H groups in total. The Bertz CT molecular complexity index is 1710. The van der Waals surface area contributed by atoms with Crippen molar-refractivity contribution in [2.45, 2.75) is 0 Å². The lowest BCUT2D eigenvalue weighted by Crippen LogP contribution is -2.17. The number of amides is 1. The van der Waals surface area contributed by atoms with Crippen molar-refractivity contribution < 1.29 is 9.21 Å². The van der Waals surface area contributed by atoms with Crippen LogP contribution in [0, 0.1) is 0 Å². The molecular formula is C34H24ClN3O2. The summed E-state index contributed by atoms with van der Waals surface area (Å²) in [7, 11) is 0. The maximum Gasteiger partial charge on any atom is 0.271 e. The highest BCUT2D eigenvalue weighted by Gasteiger charge is 2.14. The Morgan fingerprint density at radius 2 is 1.27 bits per heavy atom. The van der Waals surface area contributed by atoms with Crippen LogP contribution in [0.3, 0.4) is 0 Å². The van der Waals surface area contributed by atoms with Gasteiger partial charge in [-0.15, -0.1) is 0 Å². The van der Waals surface area contributed by atoms with Gasteiger partial charge < -0.3 is 8.98 Å². The first-order valence-electron chi connectivity index (χ1n) is 12.8. The summed E-state index contributed by atoms with van der Waals surface area (Å²) in [5, 5.41) is 4.74. The molecule has 0 fully saturated rings. The third-order valence-electron chi connectivity index (χ3n) is 6.52. The van der Waals surface area contributed by atoms with E-state index >= 15 is 0 Å². The fraction of sp³-hybridized carbons (Fsp3) is 0. The Hall–Kier alpha value is -5.13. The number of hydrazone groups is 1. The zero-order valence-electron chi connectivity index (χ0n) is 21.4. The van der Waals surface area contributed by atoms with Crippen LogP contribution in [0.25, 0.3) is 39.5 Å². The number of benzene rings is 4. The molecule has 4 aromatic carbocycles. The Morgan fingerprint density at radius 3 is 1.88 bits per heavy atom. The van der Waals surface area contributed by atoms with Crippen molar-refractivity contribution >= 4 is 23.7 Å². The van der Waals surface area contributed by atoms with E-state index in [0.29, 0.717) is 22.1 Å². The second-order valence-corrected chi connectivity index (χ2v) is 9.56. The van der Waals surface area contributed by atoms with Crippen LogP contribution in [-0.2, 0) is 0 Å². The Morgan fingerprint density at radius 1 is 0.675 bits per heavy atom. The van der Waals surface area contributed by atoms with E-state index in [1.807, 2.05) is 66.7 Å². The van der Waals surface area contributed by atoms with Crippen LogP contribution in [-0.4, -0.2) is 16.7 Å². The van der Waals surface area contributed by atoms with Gasteiger partial charge in [-0.05, 0) is 83.9 Å². The van der Waals surface area contributed by atoms with Gasteiger partial charge in [-0.2, -0.15) is 5.10 Å². The fourth-order valence-electron chi connectivity index (χ4n) is 4.56. The van der Waals surface area contributed by atoms with Gasteiger partial charge in [0.05, 0.1) is 17.6 Å². The molecule has 0 radical (unpaired) electrons. The summed E-state index contributed by atoms with van der Waals surface area (Å²) in [6, 6.07) is 43.3. The monoisotopic (exact) mass is 541 g/mol. The molecule has 6 aromatic rings. The molecule has 194 valence electrons. The standard InChI is InChI=1S/C34H24ClN3O2/c35-28-15-11-26(12-16-28)33-22-19-30(40-33)23-36-37-34(39)27-13-17-29(18-14-27)38-31(24-7-3-1-4-8-24)20-21-32(38)25-9-5-2-6-10-25/h1-23H,(H,37,39)/b36-23-. The van der Waals surface area contributed by atoms with Gasteiger partial charge in [0, 0.05) is 21.8 Å². The maximum atomic E-state index is 12.8. The number of aromatic nitrogens is 1. The fourth-order valence-corrected chi connectivity index (χ4v) is 4.68. The highest BCUT2D eigenvalue weighted by Crippen LogP contribution is 2.32. The van der Waals surface area contributed by atoms with Crippen molar-refractivity contribution in [2.75, 3.05) is 0 Å². The molecule has 1 amide bonds. The Kier molecular flexibility index (Phi) is 7.12. The van der Waals surface area contributed by atoms with Crippen LogP contribution in [0.4, 0.5) is 0 Å². The van der Waals surface area contributed by atoms with Gasteiger partial charge in [-0.3, -0.25) is 4.79 Å². The Labute approximate surface area is 237 Å². The number of carbonyl (C=O) groups excluding carboxylic acids is 1. The van der Waals surface area contributed by atoms with E-state index in [-0.39, 0.29) is 5.91 Å². The molecular weight excluding hydrogens is 518 g/mol. The molecule has 0 atom stereocenters. The van der Waals surface area contributed by atoms with E-state index in [1.54, 1.807) is 30.3 Å². The number of nitrogens with zero attached hydrogens (tertiary/aromatic N) is 2. The van der Waals surface area contributed by atoms with Crippen molar-refractivity contribution in [1.29, 1.82) is 0 Å². The SMILES string of the molecule is O=C(N/N=C\c1ccc(-c2ccc(Cl)cc2)o1)c1ccc(-n2c(-c3ccccc3)ccc2-c2ccccc2)cc1. The zero-order chi connectivity index (χ0) is 27.3. The van der Waals surface area contributed by atoms with Crippen molar-refractivity contribution in [3.63, 3.8) is 0 Å². The summed E-state index contributed by atoms with van der Waals surface area (Å²) < 4.78 is 8.01. The molecule has 0 bridgehead atoms. The van der Waals surface area contributed by atoms with Crippen LogP contribution in [0.2, 0.25) is 5.02 Å². The molecule has 0 saturated carbocycles. The number of rotatable bonds is 7. The van der Waals surface area contributed by atoms with Crippen molar-refractivity contribution in [2.24, 2.45) is 5.10 Å². The third kappa shape index (κ3) is 5.37. The zero-order valence-corrected chi connectivity index (χ0v) is 22.1. The van der Waals surface area contributed by atoms with Gasteiger partial charge in [0.2, 0.25) is 0 Å². The quantitative estimate of drug-likeness (QED) is 0.163. The minimum atomic E-state index is -0.314. The van der Waals surface area contributed by atoms with Crippen LogP contribution < -0.4 is 5.43 Å². The molecule has 6 heteroatoms. The summed E-state index contributed by atoms with van der Waals surface area (Å²) in [6.07, 6.45) is 1.48. The largest absolute Gasteiger partial charge is 0.455 e. The molecule has 5 nitrogen and oxygen atoms in total. The summed E-state index contributed by atoms with van der Waals surface area (Å²) >= 11 is 5.96. The summed E-state index contributed by atoms with van der Waals surface area (Å²) in [6.45, 7) is 0. The molecule has 40 heavy (non-hydrogen) atoms.